The van der Waals surface area contributed by atoms with E-state index < -0.39 is 0 Å². The third-order valence-corrected chi connectivity index (χ3v) is 2.83. The van der Waals surface area contributed by atoms with Crippen LogP contribution in [-0.2, 0) is 0 Å². The number of Topliss-reactive ketones (excluding diaryl/α,β-unsaturated/α-hetero) is 1. The van der Waals surface area contributed by atoms with Crippen LogP contribution in [0.25, 0.3) is 5.82 Å². The second kappa shape index (κ2) is 4.36. The molecule has 2 heterocycles. The third kappa shape index (κ3) is 1.92. The summed E-state index contributed by atoms with van der Waals surface area (Å²) in [5, 5.41) is 6.14. The predicted molar refractivity (Wildman–Crippen MR) is 59.2 cm³/mol. The molecule has 0 unspecified atom stereocenters. The lowest BCUT2D eigenvalue weighted by Gasteiger charge is -1.92. The number of nitrogens with zero attached hydrogens (tertiary/aromatic N) is 3. The maximum Gasteiger partial charge on any atom is 0.178 e. The number of hydrogen-bond donors (Lipinski definition) is 0. The molecule has 0 saturated heterocycles. The lowest BCUT2D eigenvalue weighted by Crippen LogP contribution is -1.96. The van der Waals surface area contributed by atoms with E-state index in [0.29, 0.717) is 29.1 Å². The van der Waals surface area contributed by atoms with Crippen LogP contribution in [0.4, 0.5) is 0 Å². The predicted octanol–water partition coefficient (Wildman–Crippen LogP) is 1.73. The summed E-state index contributed by atoms with van der Waals surface area (Å²) in [7, 11) is 0. The Kier molecular flexibility index (Phi) is 2.91. The number of hydrogen-bond acceptors (Lipinski definition) is 5. The standard InChI is InChI=1S/C10H9N3O2S/c1-2-8(15)7-3-11-13(4-7)9-6-16-10(5-14)12-9/h3-6H,2H2,1H3. The lowest BCUT2D eigenvalue weighted by atomic mass is 10.2. The topological polar surface area (TPSA) is 64.8 Å². The van der Waals surface area contributed by atoms with Gasteiger partial charge in [0.05, 0.1) is 11.8 Å². The van der Waals surface area contributed by atoms with Crippen molar-refractivity contribution >= 4 is 23.4 Å². The van der Waals surface area contributed by atoms with Crippen LogP contribution < -0.4 is 0 Å². The van der Waals surface area contributed by atoms with Crippen molar-refractivity contribution in [1.82, 2.24) is 14.8 Å². The monoisotopic (exact) mass is 235 g/mol. The fourth-order valence-electron chi connectivity index (χ4n) is 1.23. The Morgan fingerprint density at radius 3 is 3.06 bits per heavy atom. The van der Waals surface area contributed by atoms with Gasteiger partial charge in [-0.2, -0.15) is 5.10 Å². The first kappa shape index (κ1) is 10.7. The van der Waals surface area contributed by atoms with Crippen LogP contribution in [0.2, 0.25) is 0 Å². The molecule has 16 heavy (non-hydrogen) atoms. The van der Waals surface area contributed by atoms with Gasteiger partial charge in [0.25, 0.3) is 0 Å². The zero-order valence-electron chi connectivity index (χ0n) is 8.58. The van der Waals surface area contributed by atoms with Crippen molar-refractivity contribution in [2.24, 2.45) is 0 Å². The molecule has 0 bridgehead atoms. The van der Waals surface area contributed by atoms with Gasteiger partial charge >= 0.3 is 0 Å². The summed E-state index contributed by atoms with van der Waals surface area (Å²) in [6, 6.07) is 0. The van der Waals surface area contributed by atoms with Crippen LogP contribution in [0.15, 0.2) is 17.8 Å². The number of aromatic nitrogens is 3. The second-order valence-corrected chi connectivity index (χ2v) is 4.00. The van der Waals surface area contributed by atoms with E-state index in [-0.39, 0.29) is 5.78 Å². The van der Waals surface area contributed by atoms with Crippen LogP contribution >= 0.6 is 11.3 Å². The van der Waals surface area contributed by atoms with Crippen LogP contribution in [0.5, 0.6) is 0 Å². The zero-order chi connectivity index (χ0) is 11.5. The van der Waals surface area contributed by atoms with E-state index in [9.17, 15) is 9.59 Å². The lowest BCUT2D eigenvalue weighted by molar-refractivity contribution is 0.0987. The van der Waals surface area contributed by atoms with Crippen molar-refractivity contribution in [3.63, 3.8) is 0 Å². The summed E-state index contributed by atoms with van der Waals surface area (Å²) in [4.78, 5) is 25.9. The fraction of sp³-hybridized carbons (Fsp3) is 0.200. The Bertz CT molecular complexity index is 530. The van der Waals surface area contributed by atoms with Gasteiger partial charge in [0.15, 0.2) is 22.9 Å². The van der Waals surface area contributed by atoms with Crippen LogP contribution in [0.3, 0.4) is 0 Å². The molecule has 0 aromatic carbocycles. The number of rotatable bonds is 4. The van der Waals surface area contributed by atoms with Crippen LogP contribution in [-0.4, -0.2) is 26.8 Å². The van der Waals surface area contributed by atoms with E-state index in [0.717, 1.165) is 0 Å². The Balaban J connectivity index is 2.31. The largest absolute Gasteiger partial charge is 0.295 e. The first-order valence-corrected chi connectivity index (χ1v) is 5.61. The second-order valence-electron chi connectivity index (χ2n) is 3.11. The molecule has 0 aliphatic rings. The van der Waals surface area contributed by atoms with E-state index >= 15 is 0 Å². The van der Waals surface area contributed by atoms with Gasteiger partial charge in [-0.1, -0.05) is 6.92 Å². The van der Waals surface area contributed by atoms with Gasteiger partial charge in [-0.3, -0.25) is 9.59 Å². The Hall–Kier alpha value is -1.82. The molecule has 0 N–H and O–H groups in total. The van der Waals surface area contributed by atoms with Crippen molar-refractivity contribution in [3.05, 3.63) is 28.3 Å². The number of thiazole rings is 1. The van der Waals surface area contributed by atoms with Gasteiger partial charge < -0.3 is 0 Å². The van der Waals surface area contributed by atoms with Crippen molar-refractivity contribution < 1.29 is 9.59 Å². The molecule has 0 aliphatic carbocycles. The summed E-state index contributed by atoms with van der Waals surface area (Å²) >= 11 is 1.24. The molecule has 2 rings (SSSR count). The van der Waals surface area contributed by atoms with Crippen molar-refractivity contribution in [2.75, 3.05) is 0 Å². The van der Waals surface area contributed by atoms with Gasteiger partial charge in [-0.05, 0) is 0 Å². The third-order valence-electron chi connectivity index (χ3n) is 2.07. The Labute approximate surface area is 95.7 Å². The molecule has 0 saturated carbocycles. The summed E-state index contributed by atoms with van der Waals surface area (Å²) < 4.78 is 1.49. The normalized spacial score (nSPS) is 10.3. The van der Waals surface area contributed by atoms with Crippen molar-refractivity contribution in [3.8, 4) is 5.82 Å². The van der Waals surface area contributed by atoms with Gasteiger partial charge in [-0.15, -0.1) is 11.3 Å². The summed E-state index contributed by atoms with van der Waals surface area (Å²) in [6.45, 7) is 1.80. The highest BCUT2D eigenvalue weighted by Crippen LogP contribution is 2.12. The van der Waals surface area contributed by atoms with Gasteiger partial charge in [0.2, 0.25) is 0 Å². The van der Waals surface area contributed by atoms with E-state index in [2.05, 4.69) is 10.1 Å². The van der Waals surface area contributed by atoms with Crippen LogP contribution in [0.1, 0.15) is 33.5 Å². The molecule has 82 valence electrons. The van der Waals surface area contributed by atoms with Crippen molar-refractivity contribution in [2.45, 2.75) is 13.3 Å². The van der Waals surface area contributed by atoms with E-state index in [1.54, 1.807) is 18.5 Å². The summed E-state index contributed by atoms with van der Waals surface area (Å²) in [5.74, 6) is 0.597. The first-order valence-electron chi connectivity index (χ1n) is 4.73. The van der Waals surface area contributed by atoms with E-state index in [4.69, 9.17) is 0 Å². The maximum atomic E-state index is 11.4. The molecule has 2 aromatic heterocycles. The molecule has 0 atom stereocenters. The molecule has 0 radical (unpaired) electrons. The fourth-order valence-corrected chi connectivity index (χ4v) is 1.82. The number of aldehydes is 1. The Morgan fingerprint density at radius 1 is 1.62 bits per heavy atom. The maximum absolute atomic E-state index is 11.4. The molecular weight excluding hydrogens is 226 g/mol. The molecular formula is C10H9N3O2S. The number of ketones is 1. The zero-order valence-corrected chi connectivity index (χ0v) is 9.40. The van der Waals surface area contributed by atoms with E-state index in [1.165, 1.54) is 22.2 Å². The average molecular weight is 235 g/mol. The highest BCUT2D eigenvalue weighted by atomic mass is 32.1. The molecule has 6 heteroatoms. The summed E-state index contributed by atoms with van der Waals surface area (Å²) in [6.07, 6.45) is 4.26. The minimum absolute atomic E-state index is 0.0390. The minimum Gasteiger partial charge on any atom is -0.295 e. The summed E-state index contributed by atoms with van der Waals surface area (Å²) in [5.41, 5.74) is 0.558. The molecule has 2 aromatic rings. The smallest absolute Gasteiger partial charge is 0.178 e. The van der Waals surface area contributed by atoms with Gasteiger partial charge in [0, 0.05) is 18.0 Å². The minimum atomic E-state index is 0.0390. The average Bonchev–Trinajstić information content (AvgIpc) is 2.95. The molecule has 0 amide bonds. The molecule has 5 nitrogen and oxygen atoms in total. The molecule has 0 aliphatic heterocycles. The van der Waals surface area contributed by atoms with Gasteiger partial charge in [0.1, 0.15) is 0 Å². The van der Waals surface area contributed by atoms with Crippen molar-refractivity contribution in [1.29, 1.82) is 0 Å². The molecule has 0 fully saturated rings. The highest BCUT2D eigenvalue weighted by Gasteiger charge is 2.09. The van der Waals surface area contributed by atoms with E-state index in [1.807, 2.05) is 0 Å². The Morgan fingerprint density at radius 2 is 2.44 bits per heavy atom. The van der Waals surface area contributed by atoms with Crippen LogP contribution in [0, 0.1) is 0 Å². The molecule has 0 spiro atoms. The number of carbonyl (C=O) groups excluding carboxylic acids is 2. The first-order chi connectivity index (χ1) is 7.74. The highest BCUT2D eigenvalue weighted by molar-refractivity contribution is 7.11. The SMILES string of the molecule is CCC(=O)c1cnn(-c2csc(C=O)n2)c1. The number of carbonyl (C=O) groups is 2. The van der Waals surface area contributed by atoms with Gasteiger partial charge in [-0.25, -0.2) is 9.67 Å². The quantitative estimate of drug-likeness (QED) is 0.598.